The van der Waals surface area contributed by atoms with E-state index in [1.807, 2.05) is 0 Å². The number of pyridine rings is 1. The van der Waals surface area contributed by atoms with Gasteiger partial charge in [-0.05, 0) is 26.0 Å². The van der Waals surface area contributed by atoms with Gasteiger partial charge in [-0.15, -0.1) is 0 Å². The van der Waals surface area contributed by atoms with Crippen LogP contribution in [0.25, 0.3) is 0 Å². The highest BCUT2D eigenvalue weighted by Gasteiger charge is 2.28. The van der Waals surface area contributed by atoms with E-state index in [0.717, 1.165) is 23.7 Å². The molecule has 0 spiro atoms. The number of hydrazine groups is 1. The molecule has 0 saturated carbocycles. The second-order valence-corrected chi connectivity index (χ2v) is 5.38. The van der Waals surface area contributed by atoms with Crippen LogP contribution >= 0.6 is 0 Å². The first-order valence-electron chi connectivity index (χ1n) is 7.40. The van der Waals surface area contributed by atoms with Crippen LogP contribution in [0.5, 0.6) is 5.88 Å². The van der Waals surface area contributed by atoms with E-state index < -0.39 is 24.6 Å². The van der Waals surface area contributed by atoms with Crippen LogP contribution in [0.3, 0.4) is 0 Å². The number of amides is 2. The van der Waals surface area contributed by atoms with E-state index in [2.05, 4.69) is 25.7 Å². The fraction of sp³-hybridized carbons (Fsp3) is 0.333. The fourth-order valence-corrected chi connectivity index (χ4v) is 1.96. The third-order valence-electron chi connectivity index (χ3n) is 3.09. The summed E-state index contributed by atoms with van der Waals surface area (Å²) < 4.78 is 42.0. The first-order chi connectivity index (χ1) is 12.1. The summed E-state index contributed by atoms with van der Waals surface area (Å²) in [5.41, 5.74) is 5.99. The first-order valence-corrected chi connectivity index (χ1v) is 7.40. The molecular weight excluding hydrogens is 355 g/mol. The summed E-state index contributed by atoms with van der Waals surface area (Å²) in [6, 6.07) is 4.15. The standard InChI is InChI=1S/C15H16F3N5O3/c1-9-5-10(2)23(22-9)7-12(24)20-21-14(25)11-3-4-13(19-6-11)26-8-15(16,17)18/h3-6H,7-8H2,1-2H3,(H,20,24)(H,21,25). The van der Waals surface area contributed by atoms with Crippen molar-refractivity contribution in [1.82, 2.24) is 25.6 Å². The van der Waals surface area contributed by atoms with Gasteiger partial charge in [0.05, 0.1) is 11.3 Å². The Bertz CT molecular complexity index is 787. The Morgan fingerprint density at radius 2 is 1.96 bits per heavy atom. The number of aromatic nitrogens is 3. The Morgan fingerprint density at radius 3 is 2.50 bits per heavy atom. The lowest BCUT2D eigenvalue weighted by atomic mass is 10.3. The second kappa shape index (κ2) is 7.85. The van der Waals surface area contributed by atoms with Gasteiger partial charge in [-0.25, -0.2) is 4.98 Å². The van der Waals surface area contributed by atoms with Crippen molar-refractivity contribution in [3.63, 3.8) is 0 Å². The van der Waals surface area contributed by atoms with Crippen molar-refractivity contribution in [1.29, 1.82) is 0 Å². The molecule has 0 atom stereocenters. The minimum Gasteiger partial charge on any atom is -0.468 e. The number of carbonyl (C=O) groups is 2. The van der Waals surface area contributed by atoms with Crippen molar-refractivity contribution < 1.29 is 27.5 Å². The smallest absolute Gasteiger partial charge is 0.422 e. The monoisotopic (exact) mass is 371 g/mol. The van der Waals surface area contributed by atoms with Gasteiger partial charge in [0, 0.05) is 18.0 Å². The molecule has 140 valence electrons. The van der Waals surface area contributed by atoms with E-state index >= 15 is 0 Å². The molecule has 11 heteroatoms. The first kappa shape index (κ1) is 19.2. The second-order valence-electron chi connectivity index (χ2n) is 5.38. The van der Waals surface area contributed by atoms with Gasteiger partial charge in [0.15, 0.2) is 6.61 Å². The van der Waals surface area contributed by atoms with Crippen molar-refractivity contribution in [3.05, 3.63) is 41.3 Å². The third kappa shape index (κ3) is 5.76. The lowest BCUT2D eigenvalue weighted by Crippen LogP contribution is -2.43. The number of halogens is 3. The van der Waals surface area contributed by atoms with E-state index in [1.54, 1.807) is 19.9 Å². The predicted molar refractivity (Wildman–Crippen MR) is 83.1 cm³/mol. The van der Waals surface area contributed by atoms with E-state index in [1.165, 1.54) is 10.7 Å². The quantitative estimate of drug-likeness (QED) is 0.772. The van der Waals surface area contributed by atoms with Crippen molar-refractivity contribution in [2.45, 2.75) is 26.6 Å². The highest BCUT2D eigenvalue weighted by atomic mass is 19.4. The molecule has 0 bridgehead atoms. The Kier molecular flexibility index (Phi) is 5.80. The normalized spacial score (nSPS) is 11.1. The number of alkyl halides is 3. The van der Waals surface area contributed by atoms with E-state index in [9.17, 15) is 22.8 Å². The number of carbonyl (C=O) groups excluding carboxylic acids is 2. The van der Waals surface area contributed by atoms with Gasteiger partial charge in [-0.2, -0.15) is 18.3 Å². The number of nitrogens with zero attached hydrogens (tertiary/aromatic N) is 3. The molecule has 2 aromatic rings. The highest BCUT2D eigenvalue weighted by Crippen LogP contribution is 2.16. The molecule has 0 aliphatic heterocycles. The van der Waals surface area contributed by atoms with E-state index in [0.29, 0.717) is 0 Å². The minimum atomic E-state index is -4.48. The zero-order valence-electron chi connectivity index (χ0n) is 13.9. The molecule has 2 aromatic heterocycles. The van der Waals surface area contributed by atoms with Gasteiger partial charge in [0.2, 0.25) is 5.88 Å². The van der Waals surface area contributed by atoms with Gasteiger partial charge < -0.3 is 4.74 Å². The Labute approximate surface area is 146 Å². The maximum atomic E-state index is 12.0. The molecule has 0 unspecified atom stereocenters. The summed E-state index contributed by atoms with van der Waals surface area (Å²) >= 11 is 0. The summed E-state index contributed by atoms with van der Waals surface area (Å²) in [6.45, 7) is 2.02. The molecule has 8 nitrogen and oxygen atoms in total. The van der Waals surface area contributed by atoms with Crippen molar-refractivity contribution in [3.8, 4) is 5.88 Å². The average molecular weight is 371 g/mol. The Morgan fingerprint density at radius 1 is 1.23 bits per heavy atom. The van der Waals surface area contributed by atoms with Gasteiger partial charge in [-0.1, -0.05) is 0 Å². The van der Waals surface area contributed by atoms with Crippen LogP contribution in [0.15, 0.2) is 24.4 Å². The summed E-state index contributed by atoms with van der Waals surface area (Å²) in [4.78, 5) is 27.3. The number of hydrogen-bond acceptors (Lipinski definition) is 5. The van der Waals surface area contributed by atoms with Crippen LogP contribution in [0.2, 0.25) is 0 Å². The molecule has 0 aliphatic carbocycles. The van der Waals surface area contributed by atoms with Crippen molar-refractivity contribution in [2.24, 2.45) is 0 Å². The van der Waals surface area contributed by atoms with Gasteiger partial charge in [0.25, 0.3) is 11.8 Å². The van der Waals surface area contributed by atoms with Crippen LogP contribution in [-0.4, -0.2) is 39.4 Å². The van der Waals surface area contributed by atoms with Crippen LogP contribution in [-0.2, 0) is 11.3 Å². The van der Waals surface area contributed by atoms with E-state index in [-0.39, 0.29) is 18.0 Å². The van der Waals surface area contributed by atoms with Gasteiger partial charge in [-0.3, -0.25) is 25.1 Å². The number of hydrogen-bond donors (Lipinski definition) is 2. The topological polar surface area (TPSA) is 98.1 Å². The molecule has 0 fully saturated rings. The molecule has 0 radical (unpaired) electrons. The lowest BCUT2D eigenvalue weighted by molar-refractivity contribution is -0.154. The third-order valence-corrected chi connectivity index (χ3v) is 3.09. The van der Waals surface area contributed by atoms with Crippen LogP contribution < -0.4 is 15.6 Å². The summed E-state index contributed by atoms with van der Waals surface area (Å²) in [5, 5.41) is 4.12. The maximum Gasteiger partial charge on any atom is 0.422 e. The van der Waals surface area contributed by atoms with Gasteiger partial charge in [0.1, 0.15) is 6.54 Å². The largest absolute Gasteiger partial charge is 0.468 e. The molecule has 2 heterocycles. The number of aryl methyl sites for hydroxylation is 2. The van der Waals surface area contributed by atoms with Crippen LogP contribution in [0.4, 0.5) is 13.2 Å². The zero-order chi connectivity index (χ0) is 19.3. The molecular formula is C15H16F3N5O3. The van der Waals surface area contributed by atoms with Crippen molar-refractivity contribution in [2.75, 3.05) is 6.61 Å². The zero-order valence-corrected chi connectivity index (χ0v) is 13.9. The molecule has 0 saturated heterocycles. The fourth-order valence-electron chi connectivity index (χ4n) is 1.96. The predicted octanol–water partition coefficient (Wildman–Crippen LogP) is 1.30. The molecule has 2 amide bonds. The molecule has 0 aromatic carbocycles. The van der Waals surface area contributed by atoms with Crippen LogP contribution in [0, 0.1) is 13.8 Å². The number of nitrogens with one attached hydrogen (secondary N) is 2. The molecule has 0 aliphatic rings. The average Bonchev–Trinajstić information content (AvgIpc) is 2.88. The minimum absolute atomic E-state index is 0.0378. The van der Waals surface area contributed by atoms with E-state index in [4.69, 9.17) is 0 Å². The summed E-state index contributed by atoms with van der Waals surface area (Å²) in [7, 11) is 0. The molecule has 2 rings (SSSR count). The lowest BCUT2D eigenvalue weighted by Gasteiger charge is -2.10. The van der Waals surface area contributed by atoms with Crippen molar-refractivity contribution >= 4 is 11.8 Å². The Hall–Kier alpha value is -3.11. The highest BCUT2D eigenvalue weighted by molar-refractivity contribution is 5.95. The maximum absolute atomic E-state index is 12.0. The number of ether oxygens (including phenoxy) is 1. The number of rotatable bonds is 5. The summed E-state index contributed by atoms with van der Waals surface area (Å²) in [6.07, 6.45) is -3.44. The summed E-state index contributed by atoms with van der Waals surface area (Å²) in [5.74, 6) is -1.45. The SMILES string of the molecule is Cc1cc(C)n(CC(=O)NNC(=O)c2ccc(OCC(F)(F)F)nc2)n1. The Balaban J connectivity index is 1.83. The van der Waals surface area contributed by atoms with Crippen LogP contribution in [0.1, 0.15) is 21.7 Å². The molecule has 26 heavy (non-hydrogen) atoms. The molecule has 2 N–H and O–H groups in total. The van der Waals surface area contributed by atoms with Gasteiger partial charge >= 0.3 is 6.18 Å².